The van der Waals surface area contributed by atoms with E-state index < -0.39 is 0 Å². The zero-order valence-corrected chi connectivity index (χ0v) is 19.2. The van der Waals surface area contributed by atoms with Gasteiger partial charge in [0.1, 0.15) is 11.8 Å². The predicted octanol–water partition coefficient (Wildman–Crippen LogP) is 3.26. The first-order chi connectivity index (χ1) is 15.9. The van der Waals surface area contributed by atoms with Crippen LogP contribution in [0.4, 0.5) is 0 Å². The first-order valence-electron chi connectivity index (χ1n) is 11.0. The molecule has 1 aliphatic heterocycles. The zero-order chi connectivity index (χ0) is 23.4. The van der Waals surface area contributed by atoms with Gasteiger partial charge in [-0.05, 0) is 42.7 Å². The van der Waals surface area contributed by atoms with Gasteiger partial charge in [-0.2, -0.15) is 0 Å². The molecule has 0 aliphatic carbocycles. The van der Waals surface area contributed by atoms with Crippen LogP contribution < -0.4 is 5.32 Å². The van der Waals surface area contributed by atoms with Crippen LogP contribution in [0.5, 0.6) is 0 Å². The van der Waals surface area contributed by atoms with Crippen LogP contribution in [0.2, 0.25) is 0 Å². The Balaban J connectivity index is 1.41. The monoisotopic (exact) mass is 444 g/mol. The lowest BCUT2D eigenvalue weighted by Crippen LogP contribution is -2.43. The Hall–Kier alpha value is -3.58. The third-order valence-corrected chi connectivity index (χ3v) is 6.02. The Morgan fingerprint density at radius 1 is 1.03 bits per heavy atom. The van der Waals surface area contributed by atoms with Gasteiger partial charge in [0.15, 0.2) is 0 Å². The molecular formula is C26H28N4O3. The van der Waals surface area contributed by atoms with Crippen LogP contribution in [0.1, 0.15) is 39.0 Å². The van der Waals surface area contributed by atoms with E-state index in [0.717, 1.165) is 22.4 Å². The summed E-state index contributed by atoms with van der Waals surface area (Å²) in [7, 11) is 1.58. The van der Waals surface area contributed by atoms with Gasteiger partial charge in [-0.1, -0.05) is 30.3 Å². The predicted molar refractivity (Wildman–Crippen MR) is 126 cm³/mol. The number of aromatic nitrogens is 2. The second-order valence-corrected chi connectivity index (χ2v) is 8.28. The minimum absolute atomic E-state index is 0.102. The summed E-state index contributed by atoms with van der Waals surface area (Å²) in [5.74, 6) is -0.119. The first kappa shape index (κ1) is 22.6. The molecule has 0 radical (unpaired) electrons. The quantitative estimate of drug-likeness (QED) is 0.653. The molecule has 7 heteroatoms. The summed E-state index contributed by atoms with van der Waals surface area (Å²) in [5, 5.41) is 2.56. The number of benzene rings is 1. The standard InChI is InChI=1S/C26H28N4O3/c1-17-4-5-19(12-18(17)2)13-25(31)30-10-11-33-24(16-30)22-8-6-20(14-28-22)21-7-9-23(29-15-21)26(32)27-3/h4-9,12,14-15,24H,10-11,13,16H2,1-3H3,(H,27,32)/t24-/m1/s1. The van der Waals surface area contributed by atoms with Crippen molar-refractivity contribution in [1.82, 2.24) is 20.2 Å². The van der Waals surface area contributed by atoms with Crippen molar-refractivity contribution in [2.24, 2.45) is 0 Å². The molecule has 1 aromatic carbocycles. The average molecular weight is 445 g/mol. The van der Waals surface area contributed by atoms with Gasteiger partial charge in [-0.15, -0.1) is 0 Å². The zero-order valence-electron chi connectivity index (χ0n) is 19.2. The molecule has 0 spiro atoms. The largest absolute Gasteiger partial charge is 0.368 e. The van der Waals surface area contributed by atoms with Gasteiger partial charge in [-0.3, -0.25) is 19.6 Å². The smallest absolute Gasteiger partial charge is 0.269 e. The van der Waals surface area contributed by atoms with Crippen LogP contribution >= 0.6 is 0 Å². The maximum absolute atomic E-state index is 12.9. The summed E-state index contributed by atoms with van der Waals surface area (Å²) in [5.41, 5.74) is 6.38. The lowest BCUT2D eigenvalue weighted by molar-refractivity contribution is -0.138. The summed E-state index contributed by atoms with van der Waals surface area (Å²) in [6.45, 7) is 5.69. The van der Waals surface area contributed by atoms with Crippen LogP contribution in [-0.2, 0) is 16.0 Å². The average Bonchev–Trinajstić information content (AvgIpc) is 2.86. The van der Waals surface area contributed by atoms with Gasteiger partial charge in [0.05, 0.1) is 25.3 Å². The topological polar surface area (TPSA) is 84.4 Å². The van der Waals surface area contributed by atoms with E-state index >= 15 is 0 Å². The van der Waals surface area contributed by atoms with E-state index in [0.29, 0.717) is 31.8 Å². The molecule has 0 saturated carbocycles. The van der Waals surface area contributed by atoms with E-state index in [4.69, 9.17) is 4.74 Å². The molecular weight excluding hydrogens is 416 g/mol. The van der Waals surface area contributed by atoms with Gasteiger partial charge in [0.2, 0.25) is 5.91 Å². The van der Waals surface area contributed by atoms with Crippen LogP contribution in [0.15, 0.2) is 54.9 Å². The lowest BCUT2D eigenvalue weighted by Gasteiger charge is -2.33. The number of carbonyl (C=O) groups is 2. The molecule has 2 amide bonds. The van der Waals surface area contributed by atoms with Crippen molar-refractivity contribution in [3.63, 3.8) is 0 Å². The molecule has 1 N–H and O–H groups in total. The second kappa shape index (κ2) is 9.92. The number of amides is 2. The number of carbonyl (C=O) groups excluding carboxylic acids is 2. The van der Waals surface area contributed by atoms with E-state index in [9.17, 15) is 9.59 Å². The number of nitrogens with one attached hydrogen (secondary N) is 1. The van der Waals surface area contributed by atoms with E-state index in [1.165, 1.54) is 11.1 Å². The summed E-state index contributed by atoms with van der Waals surface area (Å²) in [6.07, 6.45) is 3.56. The summed E-state index contributed by atoms with van der Waals surface area (Å²) in [4.78, 5) is 35.2. The maximum Gasteiger partial charge on any atom is 0.269 e. The normalized spacial score (nSPS) is 15.8. The molecule has 2 aromatic heterocycles. The Bertz CT molecular complexity index is 1140. The highest BCUT2D eigenvalue weighted by atomic mass is 16.5. The fourth-order valence-corrected chi connectivity index (χ4v) is 3.85. The van der Waals surface area contributed by atoms with E-state index in [1.54, 1.807) is 25.5 Å². The minimum atomic E-state index is -0.259. The fraction of sp³-hybridized carbons (Fsp3) is 0.308. The molecule has 0 bridgehead atoms. The van der Waals surface area contributed by atoms with Crippen LogP contribution in [-0.4, -0.2) is 53.4 Å². The molecule has 1 saturated heterocycles. The third kappa shape index (κ3) is 5.26. The third-order valence-electron chi connectivity index (χ3n) is 6.02. The molecule has 0 unspecified atom stereocenters. The van der Waals surface area contributed by atoms with Gasteiger partial charge in [-0.25, -0.2) is 0 Å². The highest BCUT2D eigenvalue weighted by Gasteiger charge is 2.26. The van der Waals surface area contributed by atoms with Crippen LogP contribution in [0.3, 0.4) is 0 Å². The maximum atomic E-state index is 12.9. The molecule has 1 atom stereocenters. The van der Waals surface area contributed by atoms with E-state index in [2.05, 4.69) is 41.3 Å². The lowest BCUT2D eigenvalue weighted by atomic mass is 10.0. The van der Waals surface area contributed by atoms with Crippen molar-refractivity contribution in [1.29, 1.82) is 0 Å². The van der Waals surface area contributed by atoms with Crippen molar-refractivity contribution in [3.05, 3.63) is 82.9 Å². The summed E-state index contributed by atoms with van der Waals surface area (Å²) >= 11 is 0. The molecule has 7 nitrogen and oxygen atoms in total. The van der Waals surface area contributed by atoms with Crippen LogP contribution in [0.25, 0.3) is 11.1 Å². The number of hydrogen-bond donors (Lipinski definition) is 1. The van der Waals surface area contributed by atoms with Crippen molar-refractivity contribution in [2.75, 3.05) is 26.7 Å². The SMILES string of the molecule is CNC(=O)c1ccc(-c2ccc([C@H]3CN(C(=O)Cc4ccc(C)c(C)c4)CCO3)nc2)cn1. The number of nitrogens with zero attached hydrogens (tertiary/aromatic N) is 3. The van der Waals surface area contributed by atoms with Gasteiger partial charge in [0.25, 0.3) is 5.91 Å². The highest BCUT2D eigenvalue weighted by Crippen LogP contribution is 2.24. The number of aryl methyl sites for hydroxylation is 2. The molecule has 3 heterocycles. The Labute approximate surface area is 193 Å². The Morgan fingerprint density at radius 2 is 1.79 bits per heavy atom. The highest BCUT2D eigenvalue weighted by molar-refractivity contribution is 5.92. The molecule has 1 aliphatic rings. The molecule has 4 rings (SSSR count). The van der Waals surface area contributed by atoms with Crippen molar-refractivity contribution in [3.8, 4) is 11.1 Å². The number of ether oxygens (including phenoxy) is 1. The molecule has 170 valence electrons. The van der Waals surface area contributed by atoms with E-state index in [-0.39, 0.29) is 17.9 Å². The molecule has 3 aromatic rings. The van der Waals surface area contributed by atoms with Crippen molar-refractivity contribution >= 4 is 11.8 Å². The number of hydrogen-bond acceptors (Lipinski definition) is 5. The molecule has 33 heavy (non-hydrogen) atoms. The Kier molecular flexibility index (Phi) is 6.79. The first-order valence-corrected chi connectivity index (χ1v) is 11.0. The number of morpholine rings is 1. The van der Waals surface area contributed by atoms with Crippen molar-refractivity contribution < 1.29 is 14.3 Å². The van der Waals surface area contributed by atoms with Crippen molar-refractivity contribution in [2.45, 2.75) is 26.4 Å². The van der Waals surface area contributed by atoms with Crippen LogP contribution in [0, 0.1) is 13.8 Å². The number of pyridine rings is 2. The van der Waals surface area contributed by atoms with E-state index in [1.807, 2.05) is 29.2 Å². The second-order valence-electron chi connectivity index (χ2n) is 8.28. The van der Waals surface area contributed by atoms with Gasteiger partial charge in [0, 0.05) is 37.1 Å². The minimum Gasteiger partial charge on any atom is -0.368 e. The summed E-state index contributed by atoms with van der Waals surface area (Å²) < 4.78 is 5.92. The van der Waals surface area contributed by atoms with Gasteiger partial charge >= 0.3 is 0 Å². The van der Waals surface area contributed by atoms with Gasteiger partial charge < -0.3 is 15.0 Å². The summed E-state index contributed by atoms with van der Waals surface area (Å²) in [6, 6.07) is 13.6. The number of rotatable bonds is 5. The Morgan fingerprint density at radius 3 is 2.42 bits per heavy atom. The molecule has 1 fully saturated rings. The fourth-order valence-electron chi connectivity index (χ4n) is 3.85.